The number of benzene rings is 1. The third-order valence-electron chi connectivity index (χ3n) is 5.10. The molecular weight excluding hydrogens is 414 g/mol. The van der Waals surface area contributed by atoms with E-state index in [-0.39, 0.29) is 0 Å². The zero-order valence-electron chi connectivity index (χ0n) is 18.2. The SMILES string of the molecule is COc1c(Nc2ccncc2)nc(-c2ccncc2)nc1-c1cccc(-c2ccn(C)n2)c1. The number of nitrogens with zero attached hydrogens (tertiary/aromatic N) is 6. The summed E-state index contributed by atoms with van der Waals surface area (Å²) in [4.78, 5) is 17.8. The van der Waals surface area contributed by atoms with Gasteiger partial charge < -0.3 is 10.1 Å². The molecular formula is C25H21N7O. The summed E-state index contributed by atoms with van der Waals surface area (Å²) in [6, 6.07) is 17.6. The van der Waals surface area contributed by atoms with E-state index >= 15 is 0 Å². The first-order valence-corrected chi connectivity index (χ1v) is 10.4. The van der Waals surface area contributed by atoms with Crippen LogP contribution in [0.1, 0.15) is 0 Å². The number of rotatable bonds is 6. The molecule has 5 rings (SSSR count). The minimum absolute atomic E-state index is 0.544. The summed E-state index contributed by atoms with van der Waals surface area (Å²) in [6.07, 6.45) is 8.81. The predicted molar refractivity (Wildman–Crippen MR) is 127 cm³/mol. The van der Waals surface area contributed by atoms with Crippen molar-refractivity contribution >= 4 is 11.5 Å². The van der Waals surface area contributed by atoms with Gasteiger partial charge in [0.2, 0.25) is 0 Å². The molecule has 0 aliphatic rings. The molecule has 0 saturated heterocycles. The molecule has 4 aromatic heterocycles. The molecule has 5 aromatic rings. The molecule has 8 nitrogen and oxygen atoms in total. The molecule has 0 atom stereocenters. The monoisotopic (exact) mass is 435 g/mol. The number of nitrogens with one attached hydrogen (secondary N) is 1. The van der Waals surface area contributed by atoms with Crippen molar-refractivity contribution in [2.45, 2.75) is 0 Å². The number of hydrogen-bond acceptors (Lipinski definition) is 7. The van der Waals surface area contributed by atoms with Crippen LogP contribution in [0.3, 0.4) is 0 Å². The Morgan fingerprint density at radius 3 is 2.24 bits per heavy atom. The summed E-state index contributed by atoms with van der Waals surface area (Å²) < 4.78 is 7.59. The largest absolute Gasteiger partial charge is 0.491 e. The van der Waals surface area contributed by atoms with Crippen LogP contribution in [0.2, 0.25) is 0 Å². The van der Waals surface area contributed by atoms with Crippen LogP contribution < -0.4 is 10.1 Å². The van der Waals surface area contributed by atoms with Crippen LogP contribution >= 0.6 is 0 Å². The molecule has 0 fully saturated rings. The van der Waals surface area contributed by atoms with Gasteiger partial charge in [-0.2, -0.15) is 5.10 Å². The van der Waals surface area contributed by atoms with Gasteiger partial charge in [-0.05, 0) is 36.4 Å². The molecule has 0 saturated carbocycles. The van der Waals surface area contributed by atoms with Crippen molar-refractivity contribution in [3.8, 4) is 39.7 Å². The van der Waals surface area contributed by atoms with Crippen molar-refractivity contribution in [2.75, 3.05) is 12.4 Å². The average Bonchev–Trinajstić information content (AvgIpc) is 3.31. The molecule has 8 heteroatoms. The Kier molecular flexibility index (Phi) is 5.47. The van der Waals surface area contributed by atoms with Crippen molar-refractivity contribution in [2.24, 2.45) is 7.05 Å². The molecule has 0 aliphatic heterocycles. The molecule has 0 spiro atoms. The zero-order valence-corrected chi connectivity index (χ0v) is 18.2. The number of anilines is 2. The Labute approximate surface area is 191 Å². The fraction of sp³-hybridized carbons (Fsp3) is 0.0800. The predicted octanol–water partition coefficient (Wildman–Crippen LogP) is 4.75. The van der Waals surface area contributed by atoms with Crippen LogP contribution in [0.15, 0.2) is 85.6 Å². The van der Waals surface area contributed by atoms with Gasteiger partial charge >= 0.3 is 0 Å². The number of pyridine rings is 2. The standard InChI is InChI=1S/C25H21N7O/c1-32-15-10-21(31-32)18-4-3-5-19(16-18)22-23(33-2)25(28-20-8-13-27-14-9-20)30-24(29-22)17-6-11-26-12-7-17/h3-16H,1-2H3,(H,27,28,29,30). The Balaban J connectivity index is 1.68. The van der Waals surface area contributed by atoms with Gasteiger partial charge in [0.05, 0.1) is 12.8 Å². The Morgan fingerprint density at radius 2 is 1.55 bits per heavy atom. The Morgan fingerprint density at radius 1 is 0.818 bits per heavy atom. The van der Waals surface area contributed by atoms with E-state index in [2.05, 4.69) is 26.4 Å². The molecule has 1 aromatic carbocycles. The Hall–Kier alpha value is -4.59. The first kappa shape index (κ1) is 20.3. The third kappa shape index (κ3) is 4.27. The second-order valence-corrected chi connectivity index (χ2v) is 7.33. The van der Waals surface area contributed by atoms with E-state index in [4.69, 9.17) is 14.7 Å². The summed E-state index contributed by atoms with van der Waals surface area (Å²) in [6.45, 7) is 0. The summed E-state index contributed by atoms with van der Waals surface area (Å²) >= 11 is 0. The molecule has 0 aliphatic carbocycles. The van der Waals surface area contributed by atoms with Crippen LogP contribution in [-0.4, -0.2) is 36.8 Å². The van der Waals surface area contributed by atoms with Crippen LogP contribution in [0.4, 0.5) is 11.5 Å². The lowest BCUT2D eigenvalue weighted by molar-refractivity contribution is 0.415. The van der Waals surface area contributed by atoms with Gasteiger partial charge in [0.1, 0.15) is 5.69 Å². The second kappa shape index (κ2) is 8.88. The fourth-order valence-electron chi connectivity index (χ4n) is 3.52. The number of aromatic nitrogens is 6. The van der Waals surface area contributed by atoms with Gasteiger partial charge in [0.25, 0.3) is 0 Å². The van der Waals surface area contributed by atoms with Crippen LogP contribution in [-0.2, 0) is 7.05 Å². The summed E-state index contributed by atoms with van der Waals surface area (Å²) in [5, 5.41) is 7.87. The quantitative estimate of drug-likeness (QED) is 0.411. The lowest BCUT2D eigenvalue weighted by Crippen LogP contribution is -2.04. The van der Waals surface area contributed by atoms with Crippen LogP contribution in [0, 0.1) is 0 Å². The maximum Gasteiger partial charge on any atom is 0.188 e. The van der Waals surface area contributed by atoms with Crippen molar-refractivity contribution in [1.82, 2.24) is 29.7 Å². The van der Waals surface area contributed by atoms with Crippen LogP contribution in [0.5, 0.6) is 5.75 Å². The number of methoxy groups -OCH3 is 1. The van der Waals surface area contributed by atoms with E-state index in [9.17, 15) is 0 Å². The molecule has 4 heterocycles. The zero-order chi connectivity index (χ0) is 22.6. The highest BCUT2D eigenvalue weighted by Gasteiger charge is 2.19. The summed E-state index contributed by atoms with van der Waals surface area (Å²) in [5.41, 5.74) is 5.14. The number of hydrogen-bond donors (Lipinski definition) is 1. The normalized spacial score (nSPS) is 10.7. The second-order valence-electron chi connectivity index (χ2n) is 7.33. The highest BCUT2D eigenvalue weighted by molar-refractivity contribution is 5.80. The van der Waals surface area contributed by atoms with E-state index in [1.807, 2.05) is 61.8 Å². The van der Waals surface area contributed by atoms with Gasteiger partial charge in [0, 0.05) is 60.4 Å². The fourth-order valence-corrected chi connectivity index (χ4v) is 3.52. The van der Waals surface area contributed by atoms with E-state index in [1.54, 1.807) is 36.6 Å². The van der Waals surface area contributed by atoms with E-state index in [0.717, 1.165) is 28.1 Å². The molecule has 162 valence electrons. The summed E-state index contributed by atoms with van der Waals surface area (Å²) in [7, 11) is 3.52. The molecule has 0 amide bonds. The number of aryl methyl sites for hydroxylation is 1. The third-order valence-corrected chi connectivity index (χ3v) is 5.10. The molecule has 33 heavy (non-hydrogen) atoms. The van der Waals surface area contributed by atoms with E-state index < -0.39 is 0 Å². The molecule has 0 unspecified atom stereocenters. The Bertz CT molecular complexity index is 1380. The van der Waals surface area contributed by atoms with Gasteiger partial charge in [-0.15, -0.1) is 0 Å². The maximum absolute atomic E-state index is 5.81. The van der Waals surface area contributed by atoms with Crippen molar-refractivity contribution in [1.29, 1.82) is 0 Å². The molecule has 0 radical (unpaired) electrons. The van der Waals surface area contributed by atoms with E-state index in [1.165, 1.54) is 0 Å². The van der Waals surface area contributed by atoms with Crippen LogP contribution in [0.25, 0.3) is 33.9 Å². The maximum atomic E-state index is 5.81. The average molecular weight is 435 g/mol. The van der Waals surface area contributed by atoms with Gasteiger partial charge in [0.15, 0.2) is 17.4 Å². The van der Waals surface area contributed by atoms with Crippen molar-refractivity contribution in [3.63, 3.8) is 0 Å². The topological polar surface area (TPSA) is 90.6 Å². The van der Waals surface area contributed by atoms with E-state index in [0.29, 0.717) is 23.1 Å². The van der Waals surface area contributed by atoms with Crippen molar-refractivity contribution < 1.29 is 4.74 Å². The summed E-state index contributed by atoms with van der Waals surface area (Å²) in [5.74, 6) is 1.67. The molecule has 1 N–H and O–H groups in total. The first-order valence-electron chi connectivity index (χ1n) is 10.4. The molecule has 0 bridgehead atoms. The first-order chi connectivity index (χ1) is 16.2. The lowest BCUT2D eigenvalue weighted by Gasteiger charge is -2.16. The smallest absolute Gasteiger partial charge is 0.188 e. The highest BCUT2D eigenvalue weighted by atomic mass is 16.5. The lowest BCUT2D eigenvalue weighted by atomic mass is 10.0. The minimum Gasteiger partial charge on any atom is -0.491 e. The van der Waals surface area contributed by atoms with Gasteiger partial charge in [-0.25, -0.2) is 9.97 Å². The van der Waals surface area contributed by atoms with Crippen molar-refractivity contribution in [3.05, 3.63) is 85.6 Å². The van der Waals surface area contributed by atoms with Gasteiger partial charge in [-0.3, -0.25) is 14.6 Å². The highest BCUT2D eigenvalue weighted by Crippen LogP contribution is 2.38. The van der Waals surface area contributed by atoms with Gasteiger partial charge in [-0.1, -0.05) is 18.2 Å². The minimum atomic E-state index is 0.544. The number of ether oxygens (including phenoxy) is 1.